The van der Waals surface area contributed by atoms with Crippen LogP contribution in [0.25, 0.3) is 22.6 Å². The summed E-state index contributed by atoms with van der Waals surface area (Å²) in [5.74, 6) is 0.00215. The number of carbonyl (C=O) groups excluding carboxylic acids is 1. The zero-order valence-electron chi connectivity index (χ0n) is 13.5. The Hall–Kier alpha value is -2.60. The van der Waals surface area contributed by atoms with Crippen LogP contribution in [0.2, 0.25) is 15.2 Å². The third-order valence-electron chi connectivity index (χ3n) is 3.78. The molecule has 0 saturated heterocycles. The van der Waals surface area contributed by atoms with Crippen molar-refractivity contribution in [3.8, 4) is 11.5 Å². The van der Waals surface area contributed by atoms with Gasteiger partial charge in [0.05, 0.1) is 10.6 Å². The first-order valence-electron chi connectivity index (χ1n) is 7.79. The largest absolute Gasteiger partial charge is 0.435 e. The van der Waals surface area contributed by atoms with Crippen LogP contribution in [0.15, 0.2) is 59.1 Å². The number of benzene rings is 2. The molecule has 2 heterocycles. The monoisotopic (exact) mass is 417 g/mol. The van der Waals surface area contributed by atoms with Gasteiger partial charge in [0.25, 0.3) is 5.91 Å². The van der Waals surface area contributed by atoms with E-state index in [4.69, 9.17) is 39.2 Å². The van der Waals surface area contributed by atoms with E-state index in [1.165, 1.54) is 6.20 Å². The first-order valence-corrected chi connectivity index (χ1v) is 8.92. The van der Waals surface area contributed by atoms with Crippen molar-refractivity contribution in [1.29, 1.82) is 0 Å². The molecule has 0 unspecified atom stereocenters. The van der Waals surface area contributed by atoms with Gasteiger partial charge in [-0.3, -0.25) is 4.79 Å². The summed E-state index contributed by atoms with van der Waals surface area (Å²) in [6, 6.07) is 13.6. The maximum Gasteiger partial charge on any atom is 0.258 e. The minimum Gasteiger partial charge on any atom is -0.435 e. The molecule has 1 N–H and O–H groups in total. The van der Waals surface area contributed by atoms with E-state index in [0.717, 1.165) is 0 Å². The van der Waals surface area contributed by atoms with Crippen molar-refractivity contribution >= 4 is 57.5 Å². The van der Waals surface area contributed by atoms with Gasteiger partial charge in [0.15, 0.2) is 5.58 Å². The van der Waals surface area contributed by atoms with Gasteiger partial charge in [-0.1, -0.05) is 40.9 Å². The molecular weight excluding hydrogens is 409 g/mol. The summed E-state index contributed by atoms with van der Waals surface area (Å²) in [4.78, 5) is 20.7. The molecule has 0 saturated carbocycles. The Morgan fingerprint density at radius 2 is 1.89 bits per heavy atom. The van der Waals surface area contributed by atoms with Gasteiger partial charge in [0.2, 0.25) is 5.89 Å². The van der Waals surface area contributed by atoms with Crippen molar-refractivity contribution in [2.45, 2.75) is 0 Å². The molecule has 0 bridgehead atoms. The predicted octanol–water partition coefficient (Wildman–Crippen LogP) is 6.10. The lowest BCUT2D eigenvalue weighted by Gasteiger charge is -2.07. The summed E-state index contributed by atoms with van der Waals surface area (Å²) in [5.41, 5.74) is 2.52. The zero-order chi connectivity index (χ0) is 19.0. The van der Waals surface area contributed by atoms with Crippen LogP contribution in [0.4, 0.5) is 5.69 Å². The number of nitrogens with zero attached hydrogens (tertiary/aromatic N) is 2. The maximum absolute atomic E-state index is 12.4. The Balaban J connectivity index is 1.66. The van der Waals surface area contributed by atoms with Crippen molar-refractivity contribution in [3.05, 3.63) is 75.5 Å². The van der Waals surface area contributed by atoms with Crippen LogP contribution in [-0.4, -0.2) is 15.9 Å². The minimum absolute atomic E-state index is 0.136. The second-order valence-electron chi connectivity index (χ2n) is 5.63. The van der Waals surface area contributed by atoms with Crippen molar-refractivity contribution in [3.63, 3.8) is 0 Å². The lowest BCUT2D eigenvalue weighted by molar-refractivity contribution is 0.102. The fourth-order valence-corrected chi connectivity index (χ4v) is 3.29. The topological polar surface area (TPSA) is 68.0 Å². The van der Waals surface area contributed by atoms with Crippen LogP contribution in [0, 0.1) is 0 Å². The average molecular weight is 419 g/mol. The molecule has 1 amide bonds. The highest BCUT2D eigenvalue weighted by atomic mass is 35.5. The Bertz CT molecular complexity index is 1170. The molecule has 0 atom stereocenters. The Kier molecular flexibility index (Phi) is 4.74. The molecule has 2 aromatic heterocycles. The highest BCUT2D eigenvalue weighted by molar-refractivity contribution is 6.38. The molecule has 0 radical (unpaired) electrons. The first-order chi connectivity index (χ1) is 13.0. The number of halogens is 3. The van der Waals surface area contributed by atoms with Crippen molar-refractivity contribution < 1.29 is 9.21 Å². The number of pyridine rings is 1. The lowest BCUT2D eigenvalue weighted by atomic mass is 10.2. The minimum atomic E-state index is -0.363. The molecule has 0 spiro atoms. The van der Waals surface area contributed by atoms with Gasteiger partial charge in [-0.2, -0.15) is 0 Å². The summed E-state index contributed by atoms with van der Waals surface area (Å²) in [6.45, 7) is 0. The van der Waals surface area contributed by atoms with E-state index in [9.17, 15) is 4.79 Å². The van der Waals surface area contributed by atoms with Crippen molar-refractivity contribution in [2.24, 2.45) is 0 Å². The number of oxazole rings is 1. The second kappa shape index (κ2) is 7.19. The van der Waals surface area contributed by atoms with E-state index in [1.807, 2.05) is 6.07 Å². The molecule has 0 aliphatic rings. The number of amides is 1. The van der Waals surface area contributed by atoms with Crippen LogP contribution in [0.5, 0.6) is 0 Å². The molecule has 4 rings (SSSR count). The molecule has 0 aliphatic heterocycles. The molecule has 0 aliphatic carbocycles. The third kappa shape index (κ3) is 3.62. The van der Waals surface area contributed by atoms with Gasteiger partial charge in [-0.05, 0) is 42.5 Å². The summed E-state index contributed by atoms with van der Waals surface area (Å²) >= 11 is 18.1. The smallest absolute Gasteiger partial charge is 0.258 e. The zero-order valence-corrected chi connectivity index (χ0v) is 15.8. The van der Waals surface area contributed by atoms with E-state index in [1.54, 1.807) is 42.5 Å². The molecule has 0 fully saturated rings. The number of carbonyl (C=O) groups is 1. The van der Waals surface area contributed by atoms with Crippen LogP contribution < -0.4 is 5.32 Å². The summed E-state index contributed by atoms with van der Waals surface area (Å²) in [7, 11) is 0. The Morgan fingerprint density at radius 3 is 2.70 bits per heavy atom. The molecule has 5 nitrogen and oxygen atoms in total. The van der Waals surface area contributed by atoms with Crippen LogP contribution in [0.3, 0.4) is 0 Å². The van der Waals surface area contributed by atoms with Crippen LogP contribution in [0.1, 0.15) is 10.4 Å². The van der Waals surface area contributed by atoms with Crippen molar-refractivity contribution in [1.82, 2.24) is 9.97 Å². The van der Waals surface area contributed by atoms with E-state index in [0.29, 0.717) is 38.3 Å². The predicted molar refractivity (Wildman–Crippen MR) is 107 cm³/mol. The first kappa shape index (κ1) is 17.8. The van der Waals surface area contributed by atoms with Gasteiger partial charge < -0.3 is 9.73 Å². The third-order valence-corrected chi connectivity index (χ3v) is 4.58. The van der Waals surface area contributed by atoms with Gasteiger partial charge in [0, 0.05) is 22.5 Å². The highest BCUT2D eigenvalue weighted by Crippen LogP contribution is 2.32. The normalized spacial score (nSPS) is 10.9. The number of rotatable bonds is 3. The quantitative estimate of drug-likeness (QED) is 0.408. The highest BCUT2D eigenvalue weighted by Gasteiger charge is 2.14. The van der Waals surface area contributed by atoms with E-state index in [-0.39, 0.29) is 16.6 Å². The molecule has 8 heteroatoms. The number of anilines is 1. The summed E-state index contributed by atoms with van der Waals surface area (Å²) < 4.78 is 5.76. The van der Waals surface area contributed by atoms with Crippen LogP contribution in [-0.2, 0) is 0 Å². The lowest BCUT2D eigenvalue weighted by Crippen LogP contribution is -2.12. The average Bonchev–Trinajstić information content (AvgIpc) is 3.06. The standard InChI is InChI=1S/C19H10Cl3N3O2/c20-11-8-14(21)16-15(9-11)25-19(27-16)10-3-1-4-12(7-10)24-18(26)13-5-2-6-23-17(13)22/h1-9H,(H,24,26). The van der Waals surface area contributed by atoms with Gasteiger partial charge in [0.1, 0.15) is 10.7 Å². The van der Waals surface area contributed by atoms with Gasteiger partial charge in [-0.25, -0.2) is 9.97 Å². The maximum atomic E-state index is 12.4. The molecule has 134 valence electrons. The number of nitrogens with one attached hydrogen (secondary N) is 1. The fourth-order valence-electron chi connectivity index (χ4n) is 2.57. The second-order valence-corrected chi connectivity index (χ2v) is 6.83. The molecule has 27 heavy (non-hydrogen) atoms. The Labute approximate surface area is 168 Å². The van der Waals surface area contributed by atoms with E-state index >= 15 is 0 Å². The molecule has 2 aromatic carbocycles. The Morgan fingerprint density at radius 1 is 1.04 bits per heavy atom. The molecule has 4 aromatic rings. The van der Waals surface area contributed by atoms with E-state index in [2.05, 4.69) is 15.3 Å². The van der Waals surface area contributed by atoms with Crippen LogP contribution >= 0.6 is 34.8 Å². The van der Waals surface area contributed by atoms with Crippen molar-refractivity contribution in [2.75, 3.05) is 5.32 Å². The number of hydrogen-bond acceptors (Lipinski definition) is 4. The van der Waals surface area contributed by atoms with Gasteiger partial charge >= 0.3 is 0 Å². The SMILES string of the molecule is O=C(Nc1cccc(-c2nc3cc(Cl)cc(Cl)c3o2)c1)c1cccnc1Cl. The number of fused-ring (bicyclic) bond motifs is 1. The summed E-state index contributed by atoms with van der Waals surface area (Å²) in [6.07, 6.45) is 1.52. The summed E-state index contributed by atoms with van der Waals surface area (Å²) in [5, 5.41) is 3.77. The fraction of sp³-hybridized carbons (Fsp3) is 0. The molecular formula is C19H10Cl3N3O2. The number of aromatic nitrogens is 2. The number of hydrogen-bond donors (Lipinski definition) is 1. The van der Waals surface area contributed by atoms with E-state index < -0.39 is 0 Å². The van der Waals surface area contributed by atoms with Gasteiger partial charge in [-0.15, -0.1) is 0 Å².